The van der Waals surface area contributed by atoms with E-state index in [1.54, 1.807) is 12.3 Å². The predicted molar refractivity (Wildman–Crippen MR) is 107 cm³/mol. The number of para-hydroxylation sites is 1. The number of hydrogen-bond donors (Lipinski definition) is 2. The molecule has 1 aromatic heterocycles. The van der Waals surface area contributed by atoms with E-state index in [9.17, 15) is 4.79 Å². The number of nitrogens with zero attached hydrogens (tertiary/aromatic N) is 2. The third kappa shape index (κ3) is 4.39. The summed E-state index contributed by atoms with van der Waals surface area (Å²) in [7, 11) is 0. The topological polar surface area (TPSA) is 57.3 Å². The minimum Gasteiger partial charge on any atom is -0.341 e. The maximum absolute atomic E-state index is 12.0. The molecule has 26 heavy (non-hydrogen) atoms. The van der Waals surface area contributed by atoms with Crippen LogP contribution in [-0.4, -0.2) is 17.6 Å². The monoisotopic (exact) mass is 346 g/mol. The van der Waals surface area contributed by atoms with Gasteiger partial charge in [-0.15, -0.1) is 0 Å². The fourth-order valence-corrected chi connectivity index (χ4v) is 2.73. The summed E-state index contributed by atoms with van der Waals surface area (Å²) in [5.74, 6) is 0.502. The molecule has 0 spiro atoms. The van der Waals surface area contributed by atoms with Gasteiger partial charge in [-0.1, -0.05) is 30.3 Å². The number of rotatable bonds is 5. The number of aryl methyl sites for hydroxylation is 1. The number of pyridine rings is 1. The van der Waals surface area contributed by atoms with Gasteiger partial charge in [-0.05, 0) is 55.8 Å². The lowest BCUT2D eigenvalue weighted by Gasteiger charge is -2.23. The summed E-state index contributed by atoms with van der Waals surface area (Å²) in [6.07, 6.45) is 1.77. The van der Waals surface area contributed by atoms with Gasteiger partial charge in [-0.3, -0.25) is 5.32 Å². The quantitative estimate of drug-likeness (QED) is 0.668. The van der Waals surface area contributed by atoms with Crippen LogP contribution in [0.1, 0.15) is 12.5 Å². The minimum absolute atomic E-state index is 0.317. The van der Waals surface area contributed by atoms with Gasteiger partial charge >= 0.3 is 6.03 Å². The van der Waals surface area contributed by atoms with E-state index < -0.39 is 0 Å². The molecule has 0 aliphatic heterocycles. The Morgan fingerprint density at radius 2 is 1.77 bits per heavy atom. The Kier molecular flexibility index (Phi) is 5.49. The van der Waals surface area contributed by atoms with Crippen molar-refractivity contribution >= 4 is 28.9 Å². The van der Waals surface area contributed by atoms with Crippen molar-refractivity contribution in [2.24, 2.45) is 0 Å². The van der Waals surface area contributed by atoms with E-state index in [2.05, 4.69) is 52.6 Å². The van der Waals surface area contributed by atoms with Crippen molar-refractivity contribution in [1.82, 2.24) is 4.98 Å². The number of amides is 2. The lowest BCUT2D eigenvalue weighted by Crippen LogP contribution is -2.20. The molecular weight excluding hydrogens is 324 g/mol. The van der Waals surface area contributed by atoms with Crippen molar-refractivity contribution in [1.29, 1.82) is 0 Å². The summed E-state index contributed by atoms with van der Waals surface area (Å²) < 4.78 is 0. The Balaban J connectivity index is 1.68. The fourth-order valence-electron chi connectivity index (χ4n) is 2.73. The molecule has 1 heterocycles. The van der Waals surface area contributed by atoms with Crippen molar-refractivity contribution in [2.45, 2.75) is 13.8 Å². The molecule has 0 fully saturated rings. The van der Waals surface area contributed by atoms with Gasteiger partial charge in [0, 0.05) is 17.9 Å². The van der Waals surface area contributed by atoms with Crippen LogP contribution in [0.3, 0.4) is 0 Å². The van der Waals surface area contributed by atoms with Crippen LogP contribution in [0.15, 0.2) is 72.9 Å². The van der Waals surface area contributed by atoms with E-state index in [1.165, 1.54) is 5.56 Å². The largest absolute Gasteiger partial charge is 0.341 e. The third-order valence-electron chi connectivity index (χ3n) is 3.96. The zero-order chi connectivity index (χ0) is 18.4. The highest BCUT2D eigenvalue weighted by atomic mass is 16.2. The molecule has 0 aliphatic carbocycles. The Hall–Kier alpha value is -3.34. The lowest BCUT2D eigenvalue weighted by molar-refractivity contribution is 0.262. The number of benzene rings is 2. The fraction of sp³-hybridized carbons (Fsp3) is 0.143. The molecule has 5 nitrogen and oxygen atoms in total. The molecule has 0 saturated heterocycles. The molecule has 0 radical (unpaired) electrons. The van der Waals surface area contributed by atoms with E-state index in [-0.39, 0.29) is 6.03 Å². The molecule has 3 aromatic rings. The predicted octanol–water partition coefficient (Wildman–Crippen LogP) is 5.19. The number of aromatic nitrogens is 1. The minimum atomic E-state index is -0.317. The number of nitrogens with one attached hydrogen (secondary N) is 2. The van der Waals surface area contributed by atoms with Crippen molar-refractivity contribution in [3.8, 4) is 0 Å². The van der Waals surface area contributed by atoms with Gasteiger partial charge in [0.15, 0.2) is 0 Å². The first-order valence-corrected chi connectivity index (χ1v) is 8.59. The standard InChI is InChI=1S/C21H22N4O/c1-3-25(18-11-7-8-16(2)14-18)19-12-13-20(22-15-19)24-21(26)23-17-9-5-4-6-10-17/h4-15H,3H2,1-2H3,(H2,22,23,24,26). The molecule has 3 rings (SSSR count). The maximum Gasteiger partial charge on any atom is 0.324 e. The Morgan fingerprint density at radius 1 is 0.962 bits per heavy atom. The summed E-state index contributed by atoms with van der Waals surface area (Å²) >= 11 is 0. The smallest absolute Gasteiger partial charge is 0.324 e. The van der Waals surface area contributed by atoms with E-state index >= 15 is 0 Å². The molecule has 0 aliphatic rings. The molecule has 0 atom stereocenters. The zero-order valence-corrected chi connectivity index (χ0v) is 14.9. The van der Waals surface area contributed by atoms with Crippen LogP contribution in [0.5, 0.6) is 0 Å². The molecule has 0 saturated carbocycles. The highest BCUT2D eigenvalue weighted by molar-refractivity contribution is 5.99. The van der Waals surface area contributed by atoms with Crippen LogP contribution >= 0.6 is 0 Å². The van der Waals surface area contributed by atoms with E-state index in [0.717, 1.165) is 23.6 Å². The number of carbonyl (C=O) groups excluding carboxylic acids is 1. The highest BCUT2D eigenvalue weighted by Gasteiger charge is 2.09. The van der Waals surface area contributed by atoms with Crippen LogP contribution in [0, 0.1) is 6.92 Å². The van der Waals surface area contributed by atoms with Crippen LogP contribution < -0.4 is 15.5 Å². The van der Waals surface area contributed by atoms with Gasteiger partial charge in [-0.25, -0.2) is 9.78 Å². The van der Waals surface area contributed by atoms with Gasteiger partial charge in [0.2, 0.25) is 0 Å². The lowest BCUT2D eigenvalue weighted by atomic mass is 10.2. The second kappa shape index (κ2) is 8.16. The van der Waals surface area contributed by atoms with Gasteiger partial charge in [0.1, 0.15) is 5.82 Å². The van der Waals surface area contributed by atoms with Crippen LogP contribution in [0.2, 0.25) is 0 Å². The Labute approximate surface area is 153 Å². The molecule has 2 aromatic carbocycles. The molecule has 2 N–H and O–H groups in total. The second-order valence-electron chi connectivity index (χ2n) is 5.93. The average molecular weight is 346 g/mol. The molecule has 5 heteroatoms. The number of anilines is 4. The molecule has 0 bridgehead atoms. The number of carbonyl (C=O) groups is 1. The van der Waals surface area contributed by atoms with Gasteiger partial charge in [0.25, 0.3) is 0 Å². The van der Waals surface area contributed by atoms with E-state index in [1.807, 2.05) is 42.5 Å². The van der Waals surface area contributed by atoms with Gasteiger partial charge < -0.3 is 10.2 Å². The normalized spacial score (nSPS) is 10.2. The summed E-state index contributed by atoms with van der Waals surface area (Å²) in [6, 6.07) is 21.1. The first-order valence-electron chi connectivity index (χ1n) is 8.59. The summed E-state index contributed by atoms with van der Waals surface area (Å²) in [5.41, 5.74) is 4.05. The summed E-state index contributed by atoms with van der Waals surface area (Å²) in [6.45, 7) is 5.00. The van der Waals surface area contributed by atoms with Gasteiger partial charge in [0.05, 0.1) is 11.9 Å². The molecule has 132 valence electrons. The summed E-state index contributed by atoms with van der Waals surface area (Å²) in [4.78, 5) is 18.6. The Bertz CT molecular complexity index is 863. The van der Waals surface area contributed by atoms with Crippen molar-refractivity contribution in [2.75, 3.05) is 22.1 Å². The van der Waals surface area contributed by atoms with Gasteiger partial charge in [-0.2, -0.15) is 0 Å². The summed E-state index contributed by atoms with van der Waals surface area (Å²) in [5, 5.41) is 5.51. The molecule has 2 amide bonds. The highest BCUT2D eigenvalue weighted by Crippen LogP contribution is 2.25. The van der Waals surface area contributed by atoms with Crippen molar-refractivity contribution in [3.05, 3.63) is 78.5 Å². The Morgan fingerprint density at radius 3 is 2.42 bits per heavy atom. The number of hydrogen-bond acceptors (Lipinski definition) is 3. The second-order valence-corrected chi connectivity index (χ2v) is 5.93. The first kappa shape index (κ1) is 17.5. The average Bonchev–Trinajstić information content (AvgIpc) is 2.64. The first-order chi connectivity index (χ1) is 12.7. The molecule has 0 unspecified atom stereocenters. The molecular formula is C21H22N4O. The maximum atomic E-state index is 12.0. The van der Waals surface area contributed by atoms with Crippen molar-refractivity contribution in [3.63, 3.8) is 0 Å². The zero-order valence-electron chi connectivity index (χ0n) is 14.9. The van der Waals surface area contributed by atoms with Crippen LogP contribution in [-0.2, 0) is 0 Å². The van der Waals surface area contributed by atoms with E-state index in [4.69, 9.17) is 0 Å². The third-order valence-corrected chi connectivity index (χ3v) is 3.96. The SMILES string of the molecule is CCN(c1ccc(NC(=O)Nc2ccccc2)nc1)c1cccc(C)c1. The van der Waals surface area contributed by atoms with Crippen LogP contribution in [0.4, 0.5) is 27.7 Å². The number of urea groups is 1. The van der Waals surface area contributed by atoms with E-state index in [0.29, 0.717) is 5.82 Å². The van der Waals surface area contributed by atoms with Crippen LogP contribution in [0.25, 0.3) is 0 Å². The van der Waals surface area contributed by atoms with Crippen molar-refractivity contribution < 1.29 is 4.79 Å².